The number of alkyl carbamates (subject to hydrolysis) is 1. The lowest BCUT2D eigenvalue weighted by molar-refractivity contribution is 0.0491. The summed E-state index contributed by atoms with van der Waals surface area (Å²) in [6.07, 6.45) is 2.46. The molecule has 1 aromatic heterocycles. The van der Waals surface area contributed by atoms with Crippen molar-refractivity contribution >= 4 is 11.9 Å². The summed E-state index contributed by atoms with van der Waals surface area (Å²) >= 11 is 0. The normalized spacial score (nSPS) is 12.3. The Hall–Kier alpha value is -2.69. The van der Waals surface area contributed by atoms with Crippen LogP contribution in [-0.4, -0.2) is 22.5 Å². The number of pyridine rings is 1. The molecule has 2 aromatic rings. The summed E-state index contributed by atoms with van der Waals surface area (Å²) in [5.74, 6) is -0.218. The Labute approximate surface area is 135 Å². The van der Waals surface area contributed by atoms with Gasteiger partial charge in [-0.05, 0) is 38.5 Å². The van der Waals surface area contributed by atoms with Crippen LogP contribution < -0.4 is 5.32 Å². The van der Waals surface area contributed by atoms with E-state index in [2.05, 4.69) is 10.3 Å². The van der Waals surface area contributed by atoms with Crippen LogP contribution in [0, 0.1) is 0 Å². The van der Waals surface area contributed by atoms with E-state index in [4.69, 9.17) is 4.74 Å². The summed E-state index contributed by atoms with van der Waals surface area (Å²) in [5.41, 5.74) is 0.537. The van der Waals surface area contributed by atoms with Crippen molar-refractivity contribution in [1.82, 2.24) is 10.3 Å². The molecule has 5 heteroatoms. The number of hydrogen-bond acceptors (Lipinski definition) is 4. The maximum Gasteiger partial charge on any atom is 0.408 e. The van der Waals surface area contributed by atoms with Gasteiger partial charge < -0.3 is 10.1 Å². The van der Waals surface area contributed by atoms with Crippen LogP contribution in [0.4, 0.5) is 4.79 Å². The minimum Gasteiger partial charge on any atom is -0.444 e. The number of ether oxygens (including phenoxy) is 1. The molecule has 0 radical (unpaired) electrons. The molecule has 1 unspecified atom stereocenters. The molecular formula is C18H20N2O3. The predicted molar refractivity (Wildman–Crippen MR) is 87.1 cm³/mol. The van der Waals surface area contributed by atoms with Gasteiger partial charge in [-0.3, -0.25) is 9.78 Å². The molecule has 1 aromatic carbocycles. The van der Waals surface area contributed by atoms with E-state index in [1.807, 2.05) is 18.2 Å². The van der Waals surface area contributed by atoms with Gasteiger partial charge in [0, 0.05) is 18.0 Å². The molecule has 0 aliphatic heterocycles. The zero-order chi connectivity index (χ0) is 16.9. The average molecular weight is 312 g/mol. The lowest BCUT2D eigenvalue weighted by Gasteiger charge is -2.23. The van der Waals surface area contributed by atoms with Crippen molar-refractivity contribution in [2.75, 3.05) is 0 Å². The van der Waals surface area contributed by atoms with E-state index < -0.39 is 17.7 Å². The summed E-state index contributed by atoms with van der Waals surface area (Å²) in [6, 6.07) is 11.5. The average Bonchev–Trinajstić information content (AvgIpc) is 2.52. The number of carbonyl (C=O) groups is 2. The predicted octanol–water partition coefficient (Wildman–Crippen LogP) is 3.53. The van der Waals surface area contributed by atoms with Crippen LogP contribution in [0.2, 0.25) is 0 Å². The molecule has 0 fully saturated rings. The number of amides is 1. The molecule has 0 bridgehead atoms. The van der Waals surface area contributed by atoms with Gasteiger partial charge in [0.05, 0.1) is 0 Å². The first-order chi connectivity index (χ1) is 10.9. The Balaban J connectivity index is 2.26. The highest BCUT2D eigenvalue weighted by Crippen LogP contribution is 2.19. The fraction of sp³-hybridized carbons (Fsp3) is 0.278. The molecule has 0 aliphatic carbocycles. The molecule has 1 amide bonds. The van der Waals surface area contributed by atoms with E-state index in [9.17, 15) is 9.59 Å². The van der Waals surface area contributed by atoms with Crippen LogP contribution in [0.25, 0.3) is 0 Å². The lowest BCUT2D eigenvalue weighted by atomic mass is 9.98. The molecule has 0 aliphatic rings. The first kappa shape index (κ1) is 16.7. The van der Waals surface area contributed by atoms with E-state index in [0.717, 1.165) is 0 Å². The number of rotatable bonds is 4. The molecule has 1 heterocycles. The first-order valence-corrected chi connectivity index (χ1v) is 7.35. The highest BCUT2D eigenvalue weighted by atomic mass is 16.6. The van der Waals surface area contributed by atoms with Crippen molar-refractivity contribution in [1.29, 1.82) is 0 Å². The van der Waals surface area contributed by atoms with Crippen LogP contribution in [0.15, 0.2) is 54.9 Å². The van der Waals surface area contributed by atoms with Gasteiger partial charge in [0.1, 0.15) is 11.6 Å². The summed E-state index contributed by atoms with van der Waals surface area (Å²) < 4.78 is 5.26. The number of hydrogen-bond donors (Lipinski definition) is 1. The van der Waals surface area contributed by atoms with Crippen LogP contribution in [0.3, 0.4) is 0 Å². The topological polar surface area (TPSA) is 68.3 Å². The molecule has 23 heavy (non-hydrogen) atoms. The fourth-order valence-electron chi connectivity index (χ4n) is 2.05. The summed E-state index contributed by atoms with van der Waals surface area (Å²) in [5, 5.41) is 2.66. The summed E-state index contributed by atoms with van der Waals surface area (Å²) in [4.78, 5) is 28.7. The first-order valence-electron chi connectivity index (χ1n) is 7.35. The van der Waals surface area contributed by atoms with Crippen LogP contribution in [0.1, 0.15) is 42.7 Å². The number of carbonyl (C=O) groups excluding carboxylic acids is 2. The lowest BCUT2D eigenvalue weighted by Crippen LogP contribution is -2.38. The molecule has 1 N–H and O–H groups in total. The number of benzene rings is 1. The van der Waals surface area contributed by atoms with Crippen molar-refractivity contribution in [2.45, 2.75) is 32.4 Å². The summed E-state index contributed by atoms with van der Waals surface area (Å²) in [7, 11) is 0. The second-order valence-electron chi connectivity index (χ2n) is 6.09. The van der Waals surface area contributed by atoms with Crippen LogP contribution in [0.5, 0.6) is 0 Å². The Morgan fingerprint density at radius 3 is 2.22 bits per heavy atom. The Morgan fingerprint density at radius 2 is 1.65 bits per heavy atom. The monoisotopic (exact) mass is 312 g/mol. The van der Waals surface area contributed by atoms with E-state index in [1.165, 1.54) is 0 Å². The SMILES string of the molecule is CC(C)(C)OC(=O)NC(C(=O)c1ccncc1)c1ccccc1. The molecule has 1 atom stereocenters. The fourth-order valence-corrected chi connectivity index (χ4v) is 2.05. The quantitative estimate of drug-likeness (QED) is 0.877. The van der Waals surface area contributed by atoms with Gasteiger partial charge in [0.15, 0.2) is 5.78 Å². The summed E-state index contributed by atoms with van der Waals surface area (Å²) in [6.45, 7) is 5.32. The van der Waals surface area contributed by atoms with Gasteiger partial charge in [-0.25, -0.2) is 4.79 Å². The number of aromatic nitrogens is 1. The number of ketones is 1. The van der Waals surface area contributed by atoms with Crippen molar-refractivity contribution in [3.63, 3.8) is 0 Å². The van der Waals surface area contributed by atoms with Crippen molar-refractivity contribution in [2.24, 2.45) is 0 Å². The largest absolute Gasteiger partial charge is 0.444 e. The van der Waals surface area contributed by atoms with Gasteiger partial charge in [-0.15, -0.1) is 0 Å². The van der Waals surface area contributed by atoms with Gasteiger partial charge in [-0.2, -0.15) is 0 Å². The molecule has 2 rings (SSSR count). The minimum atomic E-state index is -0.812. The zero-order valence-corrected chi connectivity index (χ0v) is 13.4. The highest BCUT2D eigenvalue weighted by molar-refractivity contribution is 6.01. The van der Waals surface area contributed by atoms with Gasteiger partial charge in [-0.1, -0.05) is 30.3 Å². The molecule has 0 saturated carbocycles. The molecule has 120 valence electrons. The molecule has 5 nitrogen and oxygen atoms in total. The second kappa shape index (κ2) is 7.05. The Kier molecular flexibility index (Phi) is 5.11. The van der Waals surface area contributed by atoms with E-state index >= 15 is 0 Å². The van der Waals surface area contributed by atoms with E-state index in [0.29, 0.717) is 11.1 Å². The van der Waals surface area contributed by atoms with Crippen LogP contribution >= 0.6 is 0 Å². The van der Waals surface area contributed by atoms with Gasteiger partial charge in [0.2, 0.25) is 0 Å². The van der Waals surface area contributed by atoms with Gasteiger partial charge in [0.25, 0.3) is 0 Å². The van der Waals surface area contributed by atoms with E-state index in [1.54, 1.807) is 57.4 Å². The molecule has 0 spiro atoms. The van der Waals surface area contributed by atoms with Crippen molar-refractivity contribution in [3.8, 4) is 0 Å². The maximum absolute atomic E-state index is 12.7. The second-order valence-corrected chi connectivity index (χ2v) is 6.09. The van der Waals surface area contributed by atoms with E-state index in [-0.39, 0.29) is 5.78 Å². The van der Waals surface area contributed by atoms with Gasteiger partial charge >= 0.3 is 6.09 Å². The third kappa shape index (κ3) is 4.92. The third-order valence-corrected chi connectivity index (χ3v) is 3.02. The van der Waals surface area contributed by atoms with Crippen LogP contribution in [-0.2, 0) is 4.74 Å². The highest BCUT2D eigenvalue weighted by Gasteiger charge is 2.26. The molecular weight excluding hydrogens is 292 g/mol. The number of nitrogens with zero attached hydrogens (tertiary/aromatic N) is 1. The third-order valence-electron chi connectivity index (χ3n) is 3.02. The zero-order valence-electron chi connectivity index (χ0n) is 13.4. The number of nitrogens with one attached hydrogen (secondary N) is 1. The maximum atomic E-state index is 12.7. The smallest absolute Gasteiger partial charge is 0.408 e. The number of Topliss-reactive ketones (excluding diaryl/α,β-unsaturated/α-hetero) is 1. The Bertz CT molecular complexity index is 664. The van der Waals surface area contributed by atoms with Crippen molar-refractivity contribution < 1.29 is 14.3 Å². The molecule has 0 saturated heterocycles. The van der Waals surface area contributed by atoms with Crippen molar-refractivity contribution in [3.05, 3.63) is 66.0 Å². The minimum absolute atomic E-state index is 0.218. The Morgan fingerprint density at radius 1 is 1.04 bits per heavy atom. The standard InChI is InChI=1S/C18H20N2O3/c1-18(2,3)23-17(22)20-15(13-7-5-4-6-8-13)16(21)14-9-11-19-12-10-14/h4-12,15H,1-3H3,(H,20,22).